The average Bonchev–Trinajstić information content (AvgIpc) is 3.30. The van der Waals surface area contributed by atoms with Crippen molar-refractivity contribution >= 4 is 0 Å². The monoisotopic (exact) mass is 339 g/mol. The smallest absolute Gasteiger partial charge is 0.244 e. The molecule has 0 aliphatic carbocycles. The molecule has 1 aliphatic heterocycles. The van der Waals surface area contributed by atoms with E-state index in [0.717, 1.165) is 16.9 Å². The zero-order valence-corrected chi connectivity index (χ0v) is 13.6. The van der Waals surface area contributed by atoms with E-state index in [1.54, 1.807) is 0 Å². The highest BCUT2D eigenvalue weighted by molar-refractivity contribution is 5.55. The summed E-state index contributed by atoms with van der Waals surface area (Å²) in [6.45, 7) is 0.847. The predicted molar refractivity (Wildman–Crippen MR) is 90.8 cm³/mol. The minimum Gasteiger partial charge on any atom is -0.489 e. The fraction of sp³-hybridized carbons (Fsp3) is 0.263. The summed E-state index contributed by atoms with van der Waals surface area (Å²) in [5.74, 6) is 1.70. The molecule has 0 radical (unpaired) electrons. The molecule has 1 aliphatic rings. The van der Waals surface area contributed by atoms with Crippen molar-refractivity contribution in [2.45, 2.75) is 25.2 Å². The van der Waals surface area contributed by atoms with Crippen LogP contribution in [0.15, 0.2) is 59.1 Å². The third kappa shape index (κ3) is 3.69. The Hall–Kier alpha value is -2.73. The van der Waals surface area contributed by atoms with Gasteiger partial charge in [0, 0.05) is 18.5 Å². The molecule has 4 rings (SSSR count). The van der Waals surface area contributed by atoms with Crippen molar-refractivity contribution in [2.24, 2.45) is 0 Å². The van der Waals surface area contributed by atoms with E-state index in [2.05, 4.69) is 15.5 Å². The first kappa shape index (κ1) is 15.8. The molecule has 1 aromatic heterocycles. The number of rotatable bonds is 5. The number of aromatic nitrogens is 2. The molecule has 0 spiro atoms. The lowest BCUT2D eigenvalue weighted by Gasteiger charge is -2.06. The Kier molecular flexibility index (Phi) is 4.43. The number of alkyl halides is 1. The summed E-state index contributed by atoms with van der Waals surface area (Å²) in [5, 5.41) is 7.03. The third-order valence-corrected chi connectivity index (χ3v) is 4.18. The second-order valence-electron chi connectivity index (χ2n) is 6.05. The van der Waals surface area contributed by atoms with Crippen LogP contribution in [0.2, 0.25) is 0 Å². The Bertz CT molecular complexity index is 820. The molecule has 128 valence electrons. The van der Waals surface area contributed by atoms with Crippen molar-refractivity contribution in [1.29, 1.82) is 0 Å². The molecule has 5 nitrogen and oxygen atoms in total. The number of hydrogen-bond acceptors (Lipinski definition) is 5. The van der Waals surface area contributed by atoms with E-state index in [4.69, 9.17) is 9.26 Å². The van der Waals surface area contributed by atoms with Crippen molar-refractivity contribution in [3.05, 3.63) is 66.1 Å². The van der Waals surface area contributed by atoms with Gasteiger partial charge in [0.2, 0.25) is 11.7 Å². The van der Waals surface area contributed by atoms with Gasteiger partial charge in [-0.1, -0.05) is 35.5 Å². The number of halogens is 1. The number of hydrogen-bond donors (Lipinski definition) is 1. The highest BCUT2D eigenvalue weighted by Gasteiger charge is 2.29. The summed E-state index contributed by atoms with van der Waals surface area (Å²) in [5.41, 5.74) is 1.95. The van der Waals surface area contributed by atoms with Crippen molar-refractivity contribution < 1.29 is 13.7 Å². The first-order valence-corrected chi connectivity index (χ1v) is 8.26. The molecule has 6 heteroatoms. The van der Waals surface area contributed by atoms with Crippen molar-refractivity contribution in [3.63, 3.8) is 0 Å². The first-order valence-electron chi connectivity index (χ1n) is 8.26. The molecule has 0 saturated carbocycles. The largest absolute Gasteiger partial charge is 0.489 e. The van der Waals surface area contributed by atoms with Crippen LogP contribution in [0.5, 0.6) is 5.75 Å². The van der Waals surface area contributed by atoms with Gasteiger partial charge >= 0.3 is 0 Å². The molecule has 0 unspecified atom stereocenters. The highest BCUT2D eigenvalue weighted by Crippen LogP contribution is 2.26. The average molecular weight is 339 g/mol. The zero-order chi connectivity index (χ0) is 17.1. The Morgan fingerprint density at radius 3 is 2.64 bits per heavy atom. The van der Waals surface area contributed by atoms with Crippen LogP contribution in [0.3, 0.4) is 0 Å². The number of nitrogens with one attached hydrogen (secondary N) is 1. The SMILES string of the molecule is F[C@@H]1CN[C@@H](c2nc(-c3ccc(OCc4ccccc4)cc3)no2)C1. The van der Waals surface area contributed by atoms with Crippen LogP contribution in [0.1, 0.15) is 23.9 Å². The van der Waals surface area contributed by atoms with E-state index < -0.39 is 6.17 Å². The lowest BCUT2D eigenvalue weighted by molar-refractivity contribution is 0.306. The summed E-state index contributed by atoms with van der Waals surface area (Å²) in [7, 11) is 0. The minimum absolute atomic E-state index is 0.204. The number of ether oxygens (including phenoxy) is 1. The molecule has 2 aromatic carbocycles. The van der Waals surface area contributed by atoms with E-state index in [1.807, 2.05) is 54.6 Å². The second kappa shape index (κ2) is 7.03. The van der Waals surface area contributed by atoms with Crippen molar-refractivity contribution in [3.8, 4) is 17.1 Å². The molecule has 1 saturated heterocycles. The molecule has 0 amide bonds. The molecular formula is C19H18FN3O2. The molecule has 1 fully saturated rings. The van der Waals surface area contributed by atoms with E-state index in [9.17, 15) is 4.39 Å². The Labute approximate surface area is 144 Å². The zero-order valence-electron chi connectivity index (χ0n) is 13.6. The van der Waals surface area contributed by atoms with Crippen LogP contribution in [-0.4, -0.2) is 22.9 Å². The van der Waals surface area contributed by atoms with Gasteiger partial charge in [-0.15, -0.1) is 0 Å². The fourth-order valence-electron chi connectivity index (χ4n) is 2.82. The third-order valence-electron chi connectivity index (χ3n) is 4.18. The summed E-state index contributed by atoms with van der Waals surface area (Å²) < 4.78 is 24.3. The molecule has 3 aromatic rings. The fourth-order valence-corrected chi connectivity index (χ4v) is 2.82. The molecule has 25 heavy (non-hydrogen) atoms. The maximum Gasteiger partial charge on any atom is 0.244 e. The highest BCUT2D eigenvalue weighted by atomic mass is 19.1. The van der Waals surface area contributed by atoms with Gasteiger partial charge in [0.1, 0.15) is 18.5 Å². The van der Waals surface area contributed by atoms with E-state index in [1.165, 1.54) is 0 Å². The normalized spacial score (nSPS) is 19.9. The predicted octanol–water partition coefficient (Wildman–Crippen LogP) is 3.69. The standard InChI is InChI=1S/C19H18FN3O2/c20-15-10-17(21-11-15)19-22-18(23-25-19)14-6-8-16(9-7-14)24-12-13-4-2-1-3-5-13/h1-9,15,17,21H,10-12H2/t15-,17+/m0/s1. The topological polar surface area (TPSA) is 60.2 Å². The van der Waals surface area contributed by atoms with Crippen LogP contribution < -0.4 is 10.1 Å². The quantitative estimate of drug-likeness (QED) is 0.768. The van der Waals surface area contributed by atoms with E-state index >= 15 is 0 Å². The van der Waals surface area contributed by atoms with Crippen LogP contribution in [-0.2, 0) is 6.61 Å². The number of nitrogens with zero attached hydrogens (tertiary/aromatic N) is 2. The van der Waals surface area contributed by atoms with Gasteiger partial charge < -0.3 is 14.6 Å². The van der Waals surface area contributed by atoms with Gasteiger partial charge in [-0.3, -0.25) is 0 Å². The Morgan fingerprint density at radius 1 is 1.12 bits per heavy atom. The lowest BCUT2D eigenvalue weighted by atomic mass is 10.2. The maximum atomic E-state index is 13.3. The molecule has 2 heterocycles. The minimum atomic E-state index is -0.860. The molecular weight excluding hydrogens is 321 g/mol. The molecule has 0 bridgehead atoms. The van der Waals surface area contributed by atoms with Crippen LogP contribution >= 0.6 is 0 Å². The van der Waals surface area contributed by atoms with Gasteiger partial charge in [0.25, 0.3) is 0 Å². The van der Waals surface area contributed by atoms with Crippen molar-refractivity contribution in [1.82, 2.24) is 15.5 Å². The summed E-state index contributed by atoms with van der Waals surface area (Å²) in [4.78, 5) is 4.37. The van der Waals surface area contributed by atoms with Gasteiger partial charge in [0.15, 0.2) is 0 Å². The van der Waals surface area contributed by atoms with E-state index in [0.29, 0.717) is 31.3 Å². The van der Waals surface area contributed by atoms with Crippen LogP contribution in [0.25, 0.3) is 11.4 Å². The Balaban J connectivity index is 1.41. The van der Waals surface area contributed by atoms with Crippen LogP contribution in [0.4, 0.5) is 4.39 Å². The van der Waals surface area contributed by atoms with Crippen molar-refractivity contribution in [2.75, 3.05) is 6.54 Å². The number of benzene rings is 2. The summed E-state index contributed by atoms with van der Waals surface area (Å²) in [6.07, 6.45) is -0.491. The van der Waals surface area contributed by atoms with Gasteiger partial charge in [-0.2, -0.15) is 4.98 Å². The van der Waals surface area contributed by atoms with Gasteiger partial charge in [0.05, 0.1) is 6.04 Å². The van der Waals surface area contributed by atoms with Gasteiger partial charge in [-0.05, 0) is 29.8 Å². The first-order chi connectivity index (χ1) is 12.3. The second-order valence-corrected chi connectivity index (χ2v) is 6.05. The molecule has 1 N–H and O–H groups in total. The summed E-state index contributed by atoms with van der Waals surface area (Å²) in [6, 6.07) is 17.3. The van der Waals surface area contributed by atoms with E-state index in [-0.39, 0.29) is 6.04 Å². The summed E-state index contributed by atoms with van der Waals surface area (Å²) >= 11 is 0. The lowest BCUT2D eigenvalue weighted by Crippen LogP contribution is -2.14. The van der Waals surface area contributed by atoms with Crippen LogP contribution in [0, 0.1) is 0 Å². The Morgan fingerprint density at radius 2 is 1.92 bits per heavy atom. The maximum absolute atomic E-state index is 13.3. The molecule has 2 atom stereocenters. The van der Waals surface area contributed by atoms with Gasteiger partial charge in [-0.25, -0.2) is 4.39 Å².